The predicted octanol–water partition coefficient (Wildman–Crippen LogP) is 2.80. The van der Waals surface area contributed by atoms with Crippen LogP contribution in [-0.2, 0) is 9.53 Å². The van der Waals surface area contributed by atoms with Crippen molar-refractivity contribution in [3.8, 4) is 5.69 Å². The van der Waals surface area contributed by atoms with Gasteiger partial charge in [-0.3, -0.25) is 4.79 Å². The lowest BCUT2D eigenvalue weighted by Crippen LogP contribution is -2.50. The van der Waals surface area contributed by atoms with Gasteiger partial charge in [0.2, 0.25) is 5.91 Å². The molecule has 0 unspecified atom stereocenters. The van der Waals surface area contributed by atoms with Crippen LogP contribution < -0.4 is 0 Å². The zero-order valence-electron chi connectivity index (χ0n) is 16.6. The van der Waals surface area contributed by atoms with Crippen molar-refractivity contribution in [3.05, 3.63) is 53.4 Å². The maximum Gasteiger partial charge on any atom is 0.409 e. The largest absolute Gasteiger partial charge is 0.450 e. The number of nitrogens with zero attached hydrogens (tertiary/aromatic N) is 4. The number of carbonyl (C=O) groups excluding carboxylic acids is 2. The van der Waals surface area contributed by atoms with Gasteiger partial charge in [-0.25, -0.2) is 9.48 Å². The van der Waals surface area contributed by atoms with Crippen molar-refractivity contribution in [2.45, 2.75) is 20.8 Å². The average Bonchev–Trinajstić information content (AvgIpc) is 3.00. The third-order valence-electron chi connectivity index (χ3n) is 4.86. The van der Waals surface area contributed by atoms with Crippen molar-refractivity contribution >= 4 is 18.1 Å². The lowest BCUT2D eigenvalue weighted by Gasteiger charge is -2.33. The summed E-state index contributed by atoms with van der Waals surface area (Å²) in [5.74, 6) is -0.0604. The molecular weight excluding hydrogens is 356 g/mol. The van der Waals surface area contributed by atoms with Crippen LogP contribution in [0.5, 0.6) is 0 Å². The molecule has 1 aromatic heterocycles. The lowest BCUT2D eigenvalue weighted by molar-refractivity contribution is -0.127. The highest BCUT2D eigenvalue weighted by Crippen LogP contribution is 2.19. The zero-order valence-corrected chi connectivity index (χ0v) is 16.6. The fraction of sp³-hybridized carbons (Fsp3) is 0.381. The Kier molecular flexibility index (Phi) is 6.13. The normalized spacial score (nSPS) is 14.5. The summed E-state index contributed by atoms with van der Waals surface area (Å²) in [6.45, 7) is 8.06. The van der Waals surface area contributed by atoms with Gasteiger partial charge in [0.1, 0.15) is 0 Å². The molecule has 0 N–H and O–H groups in total. The number of amides is 2. The highest BCUT2D eigenvalue weighted by atomic mass is 16.6. The van der Waals surface area contributed by atoms with Gasteiger partial charge < -0.3 is 14.5 Å². The van der Waals surface area contributed by atoms with E-state index in [1.165, 1.54) is 0 Å². The molecule has 1 aliphatic rings. The molecule has 0 bridgehead atoms. The number of para-hydroxylation sites is 1. The molecule has 0 spiro atoms. The molecule has 1 fully saturated rings. The van der Waals surface area contributed by atoms with Gasteiger partial charge >= 0.3 is 6.09 Å². The number of carbonyl (C=O) groups is 2. The summed E-state index contributed by atoms with van der Waals surface area (Å²) in [7, 11) is 0. The number of aromatic nitrogens is 2. The first kappa shape index (κ1) is 19.7. The number of hydrogen-bond acceptors (Lipinski definition) is 4. The third kappa shape index (κ3) is 4.24. The van der Waals surface area contributed by atoms with Crippen molar-refractivity contribution in [2.75, 3.05) is 32.8 Å². The SMILES string of the molecule is CCOC(=O)N1CCN(C(=O)/C=C/c2c(C)nn(-c3ccccc3)c2C)CC1. The van der Waals surface area contributed by atoms with Crippen LogP contribution in [0.3, 0.4) is 0 Å². The third-order valence-corrected chi connectivity index (χ3v) is 4.86. The van der Waals surface area contributed by atoms with Crippen molar-refractivity contribution in [1.29, 1.82) is 0 Å². The fourth-order valence-electron chi connectivity index (χ4n) is 3.30. The van der Waals surface area contributed by atoms with Crippen LogP contribution in [0.15, 0.2) is 36.4 Å². The van der Waals surface area contributed by atoms with Crippen molar-refractivity contribution in [1.82, 2.24) is 19.6 Å². The van der Waals surface area contributed by atoms with Crippen LogP contribution in [-0.4, -0.2) is 64.4 Å². The molecule has 148 valence electrons. The van der Waals surface area contributed by atoms with Gasteiger partial charge in [-0.1, -0.05) is 18.2 Å². The quantitative estimate of drug-likeness (QED) is 0.763. The number of aryl methyl sites for hydroxylation is 1. The molecule has 7 heteroatoms. The van der Waals surface area contributed by atoms with Crippen molar-refractivity contribution in [3.63, 3.8) is 0 Å². The van der Waals surface area contributed by atoms with Gasteiger partial charge in [0.05, 0.1) is 18.0 Å². The summed E-state index contributed by atoms with van der Waals surface area (Å²) in [4.78, 5) is 27.7. The first-order valence-corrected chi connectivity index (χ1v) is 9.51. The number of piperazine rings is 1. The lowest BCUT2D eigenvalue weighted by atomic mass is 10.1. The minimum Gasteiger partial charge on any atom is -0.450 e. The van der Waals surface area contributed by atoms with E-state index in [9.17, 15) is 9.59 Å². The van der Waals surface area contributed by atoms with Gasteiger partial charge in [-0.2, -0.15) is 5.10 Å². The molecule has 0 atom stereocenters. The Hall–Kier alpha value is -3.09. The fourth-order valence-corrected chi connectivity index (χ4v) is 3.30. The second-order valence-electron chi connectivity index (χ2n) is 6.68. The van der Waals surface area contributed by atoms with Crippen molar-refractivity contribution in [2.24, 2.45) is 0 Å². The second kappa shape index (κ2) is 8.73. The molecule has 0 saturated carbocycles. The highest BCUT2D eigenvalue weighted by Gasteiger charge is 2.23. The predicted molar refractivity (Wildman–Crippen MR) is 107 cm³/mol. The van der Waals surface area contributed by atoms with E-state index in [2.05, 4.69) is 5.10 Å². The Labute approximate surface area is 165 Å². The number of hydrogen-bond donors (Lipinski definition) is 0. The minimum atomic E-state index is -0.315. The molecule has 2 aromatic rings. The summed E-state index contributed by atoms with van der Waals surface area (Å²) in [5, 5.41) is 4.60. The summed E-state index contributed by atoms with van der Waals surface area (Å²) >= 11 is 0. The highest BCUT2D eigenvalue weighted by molar-refractivity contribution is 5.92. The van der Waals surface area contributed by atoms with Gasteiger partial charge in [0, 0.05) is 43.5 Å². The Morgan fingerprint density at radius 1 is 1.07 bits per heavy atom. The van der Waals surface area contributed by atoms with E-state index in [0.29, 0.717) is 32.8 Å². The van der Waals surface area contributed by atoms with E-state index in [1.54, 1.807) is 22.8 Å². The first-order valence-electron chi connectivity index (χ1n) is 9.51. The Morgan fingerprint density at radius 2 is 1.71 bits per heavy atom. The van der Waals surface area contributed by atoms with Crippen LogP contribution in [0.4, 0.5) is 4.79 Å². The van der Waals surface area contributed by atoms with Gasteiger partial charge in [-0.15, -0.1) is 0 Å². The Balaban J connectivity index is 1.65. The summed E-state index contributed by atoms with van der Waals surface area (Å²) in [6, 6.07) is 9.92. The molecule has 0 aliphatic carbocycles. The van der Waals surface area contributed by atoms with E-state index in [0.717, 1.165) is 22.6 Å². The molecule has 0 radical (unpaired) electrons. The monoisotopic (exact) mass is 382 g/mol. The molecule has 2 amide bonds. The number of ether oxygens (including phenoxy) is 1. The Morgan fingerprint density at radius 3 is 2.36 bits per heavy atom. The minimum absolute atomic E-state index is 0.0604. The smallest absolute Gasteiger partial charge is 0.409 e. The van der Waals surface area contributed by atoms with Gasteiger partial charge in [0.25, 0.3) is 0 Å². The molecular formula is C21H26N4O3. The van der Waals surface area contributed by atoms with Crippen LogP contribution in [0, 0.1) is 13.8 Å². The molecule has 3 rings (SSSR count). The van der Waals surface area contributed by atoms with E-state index in [4.69, 9.17) is 4.74 Å². The summed E-state index contributed by atoms with van der Waals surface area (Å²) < 4.78 is 6.89. The maximum absolute atomic E-state index is 12.6. The zero-order chi connectivity index (χ0) is 20.1. The van der Waals surface area contributed by atoms with Crippen LogP contribution in [0.1, 0.15) is 23.9 Å². The number of rotatable bonds is 4. The van der Waals surface area contributed by atoms with Crippen LogP contribution >= 0.6 is 0 Å². The molecule has 1 aromatic carbocycles. The maximum atomic E-state index is 12.6. The molecule has 2 heterocycles. The summed E-state index contributed by atoms with van der Waals surface area (Å²) in [6.07, 6.45) is 3.11. The molecule has 28 heavy (non-hydrogen) atoms. The van der Waals surface area contributed by atoms with E-state index in [1.807, 2.05) is 54.9 Å². The number of benzene rings is 1. The van der Waals surface area contributed by atoms with Crippen LogP contribution in [0.25, 0.3) is 11.8 Å². The Bertz CT molecular complexity index is 865. The average molecular weight is 382 g/mol. The standard InChI is InChI=1S/C21H26N4O3/c1-4-28-21(27)24-14-12-23(13-15-24)20(26)11-10-19-16(2)22-25(17(19)3)18-8-6-5-7-9-18/h5-11H,4,12-15H2,1-3H3/b11-10+. The first-order chi connectivity index (χ1) is 13.5. The van der Waals surface area contributed by atoms with E-state index < -0.39 is 0 Å². The van der Waals surface area contributed by atoms with Crippen LogP contribution in [0.2, 0.25) is 0 Å². The van der Waals surface area contributed by atoms with Gasteiger partial charge in [-0.05, 0) is 39.0 Å². The van der Waals surface area contributed by atoms with Crippen molar-refractivity contribution < 1.29 is 14.3 Å². The summed E-state index contributed by atoms with van der Waals surface area (Å²) in [5.41, 5.74) is 3.80. The molecule has 7 nitrogen and oxygen atoms in total. The van der Waals surface area contributed by atoms with E-state index >= 15 is 0 Å². The second-order valence-corrected chi connectivity index (χ2v) is 6.68. The van der Waals surface area contributed by atoms with E-state index in [-0.39, 0.29) is 12.0 Å². The molecule has 1 saturated heterocycles. The topological polar surface area (TPSA) is 67.7 Å². The van der Waals surface area contributed by atoms with Gasteiger partial charge in [0.15, 0.2) is 0 Å². The molecule has 1 aliphatic heterocycles.